The molecule has 0 bridgehead atoms. The molecular formula is C14H15IN2O. The Morgan fingerprint density at radius 3 is 2.83 bits per heavy atom. The van der Waals surface area contributed by atoms with Crippen LogP contribution in [0.2, 0.25) is 0 Å². The highest BCUT2D eigenvalue weighted by Gasteiger charge is 2.12. The number of aromatic nitrogens is 2. The molecule has 0 saturated carbocycles. The van der Waals surface area contributed by atoms with Crippen molar-refractivity contribution in [1.82, 2.24) is 9.78 Å². The molecule has 1 heterocycles. The second-order valence-corrected chi connectivity index (χ2v) is 5.38. The summed E-state index contributed by atoms with van der Waals surface area (Å²) in [5.41, 5.74) is 3.07. The van der Waals surface area contributed by atoms with Gasteiger partial charge in [-0.05, 0) is 47.6 Å². The number of rotatable bonds is 4. The quantitative estimate of drug-likeness (QED) is 0.625. The number of halogens is 1. The first-order valence-electron chi connectivity index (χ1n) is 5.85. The average Bonchev–Trinajstić information content (AvgIpc) is 2.75. The van der Waals surface area contributed by atoms with E-state index in [9.17, 15) is 4.79 Å². The van der Waals surface area contributed by atoms with Crippen molar-refractivity contribution >= 4 is 28.4 Å². The molecule has 18 heavy (non-hydrogen) atoms. The second kappa shape index (κ2) is 5.65. The van der Waals surface area contributed by atoms with Crippen molar-refractivity contribution in [3.63, 3.8) is 0 Å². The molecule has 0 radical (unpaired) electrons. The lowest BCUT2D eigenvalue weighted by molar-refractivity contribution is 0.0981. The first-order valence-corrected chi connectivity index (χ1v) is 6.92. The van der Waals surface area contributed by atoms with Crippen molar-refractivity contribution in [2.75, 3.05) is 0 Å². The van der Waals surface area contributed by atoms with Gasteiger partial charge in [0.2, 0.25) is 0 Å². The van der Waals surface area contributed by atoms with E-state index in [1.165, 1.54) is 0 Å². The van der Waals surface area contributed by atoms with Crippen LogP contribution in [-0.4, -0.2) is 15.6 Å². The summed E-state index contributed by atoms with van der Waals surface area (Å²) in [6, 6.07) is 7.82. The molecule has 1 aromatic heterocycles. The summed E-state index contributed by atoms with van der Waals surface area (Å²) in [6.45, 7) is 2.03. The number of hydrogen-bond donors (Lipinski definition) is 0. The monoisotopic (exact) mass is 354 g/mol. The van der Waals surface area contributed by atoms with Crippen molar-refractivity contribution < 1.29 is 4.79 Å². The Morgan fingerprint density at radius 2 is 2.17 bits per heavy atom. The SMILES string of the molecule is Cc1cccc(C(=O)CCc2ccnn2C)c1I. The highest BCUT2D eigenvalue weighted by molar-refractivity contribution is 14.1. The fourth-order valence-corrected chi connectivity index (χ4v) is 2.55. The molecule has 4 heteroatoms. The van der Waals surface area contributed by atoms with Crippen LogP contribution in [0.25, 0.3) is 0 Å². The van der Waals surface area contributed by atoms with Gasteiger partial charge in [-0.3, -0.25) is 9.48 Å². The first-order chi connectivity index (χ1) is 8.59. The fourth-order valence-electron chi connectivity index (χ4n) is 1.89. The molecule has 0 spiro atoms. The van der Waals surface area contributed by atoms with Gasteiger partial charge in [-0.25, -0.2) is 0 Å². The first kappa shape index (κ1) is 13.3. The normalized spacial score (nSPS) is 10.6. The molecule has 3 nitrogen and oxygen atoms in total. The summed E-state index contributed by atoms with van der Waals surface area (Å²) in [5.74, 6) is 0.198. The largest absolute Gasteiger partial charge is 0.294 e. The van der Waals surface area contributed by atoms with Crippen LogP contribution < -0.4 is 0 Å². The molecule has 0 aliphatic heterocycles. The number of Topliss-reactive ketones (excluding diaryl/α,β-unsaturated/α-hetero) is 1. The van der Waals surface area contributed by atoms with Crippen LogP contribution >= 0.6 is 22.6 Å². The van der Waals surface area contributed by atoms with Gasteiger partial charge in [0.05, 0.1) is 0 Å². The molecule has 0 unspecified atom stereocenters. The summed E-state index contributed by atoms with van der Waals surface area (Å²) < 4.78 is 2.87. The minimum absolute atomic E-state index is 0.198. The fraction of sp³-hybridized carbons (Fsp3) is 0.286. The molecule has 0 aliphatic carbocycles. The van der Waals surface area contributed by atoms with Gasteiger partial charge in [-0.2, -0.15) is 5.10 Å². The summed E-state index contributed by atoms with van der Waals surface area (Å²) in [6.07, 6.45) is 3.02. The van der Waals surface area contributed by atoms with E-state index in [2.05, 4.69) is 27.7 Å². The van der Waals surface area contributed by atoms with Gasteiger partial charge in [0.15, 0.2) is 5.78 Å². The zero-order valence-electron chi connectivity index (χ0n) is 10.5. The Hall–Kier alpha value is -1.17. The number of carbonyl (C=O) groups is 1. The maximum absolute atomic E-state index is 12.2. The molecule has 94 valence electrons. The van der Waals surface area contributed by atoms with Crippen LogP contribution in [0.3, 0.4) is 0 Å². The van der Waals surface area contributed by atoms with Gasteiger partial charge < -0.3 is 0 Å². The van der Waals surface area contributed by atoms with Gasteiger partial charge in [0.25, 0.3) is 0 Å². The molecule has 0 atom stereocenters. The van der Waals surface area contributed by atoms with Gasteiger partial charge >= 0.3 is 0 Å². The topological polar surface area (TPSA) is 34.9 Å². The van der Waals surface area contributed by atoms with Crippen LogP contribution in [0.15, 0.2) is 30.5 Å². The molecule has 2 aromatic rings. The number of nitrogens with zero attached hydrogens (tertiary/aromatic N) is 2. The van der Waals surface area contributed by atoms with E-state index in [1.54, 1.807) is 6.20 Å². The van der Waals surface area contributed by atoms with Crippen molar-refractivity contribution in [1.29, 1.82) is 0 Å². The van der Waals surface area contributed by atoms with E-state index >= 15 is 0 Å². The van der Waals surface area contributed by atoms with E-state index in [0.717, 1.165) is 26.8 Å². The zero-order valence-corrected chi connectivity index (χ0v) is 12.6. The van der Waals surface area contributed by atoms with Crippen molar-refractivity contribution in [3.05, 3.63) is 50.9 Å². The number of aryl methyl sites for hydroxylation is 3. The third-order valence-corrected chi connectivity index (χ3v) is 4.45. The van der Waals surface area contributed by atoms with Gasteiger partial charge in [0.1, 0.15) is 0 Å². The lowest BCUT2D eigenvalue weighted by atomic mass is 10.0. The van der Waals surface area contributed by atoms with Crippen molar-refractivity contribution in [2.45, 2.75) is 19.8 Å². The number of benzene rings is 1. The van der Waals surface area contributed by atoms with E-state index in [1.807, 2.05) is 42.9 Å². The molecule has 0 amide bonds. The Bertz CT molecular complexity index is 575. The number of ketones is 1. The molecule has 0 fully saturated rings. The van der Waals surface area contributed by atoms with Crippen LogP contribution in [0.5, 0.6) is 0 Å². The summed E-state index contributed by atoms with van der Waals surface area (Å²) in [5, 5.41) is 4.10. The van der Waals surface area contributed by atoms with E-state index in [0.29, 0.717) is 6.42 Å². The Labute approximate surface area is 120 Å². The average molecular weight is 354 g/mol. The minimum atomic E-state index is 0.198. The molecule has 1 aromatic carbocycles. The third kappa shape index (κ3) is 2.80. The predicted octanol–water partition coefficient (Wildman–Crippen LogP) is 3.15. The van der Waals surface area contributed by atoms with Gasteiger partial charge in [-0.1, -0.05) is 18.2 Å². The maximum atomic E-state index is 12.2. The van der Waals surface area contributed by atoms with Gasteiger partial charge in [-0.15, -0.1) is 0 Å². The highest BCUT2D eigenvalue weighted by atomic mass is 127. The van der Waals surface area contributed by atoms with Crippen LogP contribution in [0, 0.1) is 10.5 Å². The maximum Gasteiger partial charge on any atom is 0.164 e. The molecular weight excluding hydrogens is 339 g/mol. The molecule has 0 saturated heterocycles. The highest BCUT2D eigenvalue weighted by Crippen LogP contribution is 2.18. The zero-order chi connectivity index (χ0) is 13.1. The van der Waals surface area contributed by atoms with E-state index < -0.39 is 0 Å². The lowest BCUT2D eigenvalue weighted by Crippen LogP contribution is -2.06. The molecule has 2 rings (SSSR count). The van der Waals surface area contributed by atoms with Crippen LogP contribution in [-0.2, 0) is 13.5 Å². The van der Waals surface area contributed by atoms with Crippen LogP contribution in [0.1, 0.15) is 28.0 Å². The predicted molar refractivity (Wildman–Crippen MR) is 79.8 cm³/mol. The third-order valence-electron chi connectivity index (χ3n) is 3.02. The Morgan fingerprint density at radius 1 is 1.39 bits per heavy atom. The van der Waals surface area contributed by atoms with E-state index in [4.69, 9.17) is 0 Å². The van der Waals surface area contributed by atoms with Gasteiger partial charge in [0, 0.05) is 34.5 Å². The second-order valence-electron chi connectivity index (χ2n) is 4.31. The number of carbonyl (C=O) groups excluding carboxylic acids is 1. The van der Waals surface area contributed by atoms with Crippen molar-refractivity contribution in [2.24, 2.45) is 7.05 Å². The Kier molecular flexibility index (Phi) is 4.16. The van der Waals surface area contributed by atoms with Crippen LogP contribution in [0.4, 0.5) is 0 Å². The molecule has 0 aliphatic rings. The Balaban J connectivity index is 2.09. The standard InChI is InChI=1S/C14H15IN2O/c1-10-4-3-5-12(14(10)15)13(18)7-6-11-8-9-16-17(11)2/h3-5,8-9H,6-7H2,1-2H3. The molecule has 0 N–H and O–H groups in total. The summed E-state index contributed by atoms with van der Waals surface area (Å²) in [7, 11) is 1.90. The van der Waals surface area contributed by atoms with E-state index in [-0.39, 0.29) is 5.78 Å². The minimum Gasteiger partial charge on any atom is -0.294 e. The summed E-state index contributed by atoms with van der Waals surface area (Å²) >= 11 is 2.24. The number of hydrogen-bond acceptors (Lipinski definition) is 2. The smallest absolute Gasteiger partial charge is 0.164 e. The van der Waals surface area contributed by atoms with Crippen molar-refractivity contribution in [3.8, 4) is 0 Å². The summed E-state index contributed by atoms with van der Waals surface area (Å²) in [4.78, 5) is 12.2. The lowest BCUT2D eigenvalue weighted by Gasteiger charge is -2.06.